The van der Waals surface area contributed by atoms with Gasteiger partial charge in [0.25, 0.3) is 0 Å². The molecule has 1 aromatic carbocycles. The summed E-state index contributed by atoms with van der Waals surface area (Å²) in [6.07, 6.45) is 9.07. The van der Waals surface area contributed by atoms with E-state index in [1.807, 2.05) is 36.7 Å². The number of nitrogens with one attached hydrogen (secondary N) is 1. The van der Waals surface area contributed by atoms with E-state index in [9.17, 15) is 4.39 Å². The molecular weight excluding hydrogens is 377 g/mol. The van der Waals surface area contributed by atoms with Gasteiger partial charge in [0.15, 0.2) is 0 Å². The number of halogens is 1. The lowest BCUT2D eigenvalue weighted by Crippen LogP contribution is -2.33. The molecule has 0 bridgehead atoms. The number of likely N-dealkylation sites (tertiary alicyclic amines) is 1. The van der Waals surface area contributed by atoms with Crippen LogP contribution < -0.4 is 0 Å². The van der Waals surface area contributed by atoms with Crippen molar-refractivity contribution in [3.8, 4) is 22.4 Å². The summed E-state index contributed by atoms with van der Waals surface area (Å²) in [5, 5.41) is 8.93. The van der Waals surface area contributed by atoms with Crippen LogP contribution in [0.25, 0.3) is 22.4 Å². The fourth-order valence-corrected chi connectivity index (χ4v) is 4.39. The minimum atomic E-state index is -0.220. The van der Waals surface area contributed by atoms with Crippen LogP contribution in [0.3, 0.4) is 0 Å². The number of piperidine rings is 1. The van der Waals surface area contributed by atoms with Crippen LogP contribution in [0.1, 0.15) is 43.7 Å². The lowest BCUT2D eigenvalue weighted by Gasteiger charge is -2.31. The van der Waals surface area contributed by atoms with E-state index in [0.717, 1.165) is 74.1 Å². The molecule has 5 heteroatoms. The van der Waals surface area contributed by atoms with Crippen molar-refractivity contribution >= 4 is 0 Å². The van der Waals surface area contributed by atoms with Crippen LogP contribution in [0.15, 0.2) is 54.9 Å². The van der Waals surface area contributed by atoms with E-state index in [4.69, 9.17) is 5.11 Å². The highest BCUT2D eigenvalue weighted by Gasteiger charge is 2.23. The number of nitrogens with zero attached hydrogens (tertiary/aromatic N) is 2. The Morgan fingerprint density at radius 2 is 1.70 bits per heavy atom. The number of hydrogen-bond donors (Lipinski definition) is 2. The Labute approximate surface area is 177 Å². The molecule has 0 unspecified atom stereocenters. The smallest absolute Gasteiger partial charge is 0.123 e. The summed E-state index contributed by atoms with van der Waals surface area (Å²) >= 11 is 0. The van der Waals surface area contributed by atoms with Gasteiger partial charge in [0.2, 0.25) is 0 Å². The second-order valence-corrected chi connectivity index (χ2v) is 8.16. The number of pyridine rings is 1. The zero-order chi connectivity index (χ0) is 20.8. The molecule has 0 amide bonds. The number of benzene rings is 1. The molecule has 2 aromatic heterocycles. The fraction of sp³-hybridized carbons (Fsp3) is 0.400. The summed E-state index contributed by atoms with van der Waals surface area (Å²) in [7, 11) is 0. The maximum absolute atomic E-state index is 13.5. The van der Waals surface area contributed by atoms with Crippen molar-refractivity contribution in [1.29, 1.82) is 0 Å². The second kappa shape index (κ2) is 10.0. The van der Waals surface area contributed by atoms with Gasteiger partial charge >= 0.3 is 0 Å². The van der Waals surface area contributed by atoms with Crippen molar-refractivity contribution in [2.24, 2.45) is 0 Å². The average molecular weight is 408 g/mol. The molecule has 0 spiro atoms. The molecule has 1 aliphatic rings. The molecule has 30 heavy (non-hydrogen) atoms. The van der Waals surface area contributed by atoms with Gasteiger partial charge < -0.3 is 15.0 Å². The quantitative estimate of drug-likeness (QED) is 0.503. The molecule has 1 aliphatic heterocycles. The molecule has 2 N–H and O–H groups in total. The van der Waals surface area contributed by atoms with Crippen LogP contribution in [0.4, 0.5) is 4.39 Å². The normalized spacial score (nSPS) is 15.5. The molecule has 1 saturated heterocycles. The van der Waals surface area contributed by atoms with E-state index >= 15 is 0 Å². The van der Waals surface area contributed by atoms with Crippen molar-refractivity contribution in [2.45, 2.75) is 38.0 Å². The third kappa shape index (κ3) is 4.97. The van der Waals surface area contributed by atoms with Crippen molar-refractivity contribution in [3.63, 3.8) is 0 Å². The lowest BCUT2D eigenvalue weighted by atomic mass is 9.93. The molecule has 158 valence electrons. The highest BCUT2D eigenvalue weighted by Crippen LogP contribution is 2.37. The van der Waals surface area contributed by atoms with Crippen molar-refractivity contribution < 1.29 is 9.50 Å². The average Bonchev–Trinajstić information content (AvgIpc) is 3.24. The highest BCUT2D eigenvalue weighted by atomic mass is 19.1. The van der Waals surface area contributed by atoms with Crippen molar-refractivity contribution in [2.75, 3.05) is 26.2 Å². The topological polar surface area (TPSA) is 52.1 Å². The molecule has 0 saturated carbocycles. The summed E-state index contributed by atoms with van der Waals surface area (Å²) in [6, 6.07) is 13.0. The van der Waals surface area contributed by atoms with Gasteiger partial charge in [-0.2, -0.15) is 0 Å². The molecule has 1 fully saturated rings. The summed E-state index contributed by atoms with van der Waals surface area (Å²) in [5.41, 5.74) is 5.57. The van der Waals surface area contributed by atoms with Crippen LogP contribution >= 0.6 is 0 Å². The molecule has 0 atom stereocenters. The Balaban J connectivity index is 1.51. The first-order valence-electron chi connectivity index (χ1n) is 11.0. The van der Waals surface area contributed by atoms with Crippen LogP contribution in [0.2, 0.25) is 0 Å². The van der Waals surface area contributed by atoms with Gasteiger partial charge in [0.05, 0.1) is 5.69 Å². The zero-order valence-electron chi connectivity index (χ0n) is 17.4. The standard InChI is InChI=1S/C25H30FN3O/c26-22-6-4-21(5-7-22)25-23(19-8-12-27-13-9-19)18-24(28-25)20-10-15-29(16-11-20)14-2-1-3-17-30/h4-9,12-13,18,20,28,30H,1-3,10-11,14-17H2. The predicted octanol–water partition coefficient (Wildman–Crippen LogP) is 5.22. The molecular formula is C25H30FN3O. The van der Waals surface area contributed by atoms with Gasteiger partial charge in [-0.25, -0.2) is 4.39 Å². The van der Waals surface area contributed by atoms with E-state index in [1.54, 1.807) is 0 Å². The number of rotatable bonds is 8. The Kier molecular flexibility index (Phi) is 6.92. The fourth-order valence-electron chi connectivity index (χ4n) is 4.39. The van der Waals surface area contributed by atoms with Gasteiger partial charge in [-0.15, -0.1) is 0 Å². The Morgan fingerprint density at radius 3 is 2.40 bits per heavy atom. The maximum atomic E-state index is 13.5. The van der Waals surface area contributed by atoms with Crippen LogP contribution in [0, 0.1) is 5.82 Å². The minimum absolute atomic E-state index is 0.220. The Bertz CT molecular complexity index is 915. The summed E-state index contributed by atoms with van der Waals surface area (Å²) in [4.78, 5) is 10.4. The SMILES string of the molecule is OCCCCCN1CCC(c2cc(-c3ccncc3)c(-c3ccc(F)cc3)[nH]2)CC1. The zero-order valence-corrected chi connectivity index (χ0v) is 17.4. The minimum Gasteiger partial charge on any atom is -0.396 e. The molecule has 3 aromatic rings. The Morgan fingerprint density at radius 1 is 0.967 bits per heavy atom. The number of unbranched alkanes of at least 4 members (excludes halogenated alkanes) is 2. The summed E-state index contributed by atoms with van der Waals surface area (Å²) < 4.78 is 13.5. The third-order valence-electron chi connectivity index (χ3n) is 6.12. The first-order valence-corrected chi connectivity index (χ1v) is 11.0. The van der Waals surface area contributed by atoms with E-state index in [-0.39, 0.29) is 5.82 Å². The molecule has 4 nitrogen and oxygen atoms in total. The van der Waals surface area contributed by atoms with E-state index in [1.165, 1.54) is 17.8 Å². The van der Waals surface area contributed by atoms with E-state index in [0.29, 0.717) is 12.5 Å². The third-order valence-corrected chi connectivity index (χ3v) is 6.12. The molecule has 3 heterocycles. The van der Waals surface area contributed by atoms with Gasteiger partial charge in [-0.3, -0.25) is 4.98 Å². The largest absolute Gasteiger partial charge is 0.396 e. The summed E-state index contributed by atoms with van der Waals surface area (Å²) in [6.45, 7) is 3.64. The number of aliphatic hydroxyl groups is 1. The van der Waals surface area contributed by atoms with Crippen LogP contribution in [0.5, 0.6) is 0 Å². The number of aliphatic hydroxyl groups excluding tert-OH is 1. The molecule has 4 rings (SSSR count). The molecule has 0 radical (unpaired) electrons. The predicted molar refractivity (Wildman–Crippen MR) is 119 cm³/mol. The first-order chi connectivity index (χ1) is 14.7. The Hall–Kier alpha value is -2.50. The van der Waals surface area contributed by atoms with E-state index in [2.05, 4.69) is 20.9 Å². The number of H-pyrrole nitrogens is 1. The number of aromatic amines is 1. The first kappa shape index (κ1) is 20.8. The monoisotopic (exact) mass is 407 g/mol. The second-order valence-electron chi connectivity index (χ2n) is 8.16. The van der Waals surface area contributed by atoms with Gasteiger partial charge in [-0.05, 0) is 105 Å². The van der Waals surface area contributed by atoms with Gasteiger partial charge in [0.1, 0.15) is 5.82 Å². The van der Waals surface area contributed by atoms with Crippen LogP contribution in [-0.2, 0) is 0 Å². The van der Waals surface area contributed by atoms with Crippen molar-refractivity contribution in [3.05, 3.63) is 66.4 Å². The number of aromatic nitrogens is 2. The molecule has 0 aliphatic carbocycles. The summed E-state index contributed by atoms with van der Waals surface area (Å²) in [5.74, 6) is 0.288. The maximum Gasteiger partial charge on any atom is 0.123 e. The highest BCUT2D eigenvalue weighted by molar-refractivity contribution is 5.82. The van der Waals surface area contributed by atoms with Gasteiger partial charge in [0, 0.05) is 36.2 Å². The van der Waals surface area contributed by atoms with Crippen molar-refractivity contribution in [1.82, 2.24) is 14.9 Å². The van der Waals surface area contributed by atoms with E-state index < -0.39 is 0 Å². The van der Waals surface area contributed by atoms with Gasteiger partial charge in [-0.1, -0.05) is 0 Å². The van der Waals surface area contributed by atoms with Crippen LogP contribution in [-0.4, -0.2) is 46.2 Å². The number of hydrogen-bond acceptors (Lipinski definition) is 3. The lowest BCUT2D eigenvalue weighted by molar-refractivity contribution is 0.204.